The van der Waals surface area contributed by atoms with Crippen LogP contribution in [0.15, 0.2) is 42.5 Å². The monoisotopic (exact) mass is 406 g/mol. The minimum atomic E-state index is -0.387. The lowest BCUT2D eigenvalue weighted by molar-refractivity contribution is -0.0346. The van der Waals surface area contributed by atoms with E-state index >= 15 is 0 Å². The Morgan fingerprint density at radius 3 is 2.75 bits per heavy atom. The molecule has 1 amide bonds. The van der Waals surface area contributed by atoms with Gasteiger partial charge in [0.1, 0.15) is 11.6 Å². The number of carbonyl (C=O) groups excluding carboxylic acids is 1. The molecule has 0 unspecified atom stereocenters. The van der Waals surface area contributed by atoms with Gasteiger partial charge in [-0.15, -0.1) is 0 Å². The highest BCUT2D eigenvalue weighted by Gasteiger charge is 2.29. The quantitative estimate of drug-likeness (QED) is 0.795. The van der Waals surface area contributed by atoms with Crippen molar-refractivity contribution in [1.82, 2.24) is 10.2 Å². The molecule has 150 valence electrons. The predicted octanol–water partition coefficient (Wildman–Crippen LogP) is 3.68. The van der Waals surface area contributed by atoms with Crippen LogP contribution in [0.25, 0.3) is 0 Å². The zero-order valence-corrected chi connectivity index (χ0v) is 16.7. The van der Waals surface area contributed by atoms with Crippen molar-refractivity contribution >= 4 is 17.5 Å². The van der Waals surface area contributed by atoms with Gasteiger partial charge in [-0.1, -0.05) is 17.7 Å². The lowest BCUT2D eigenvalue weighted by Crippen LogP contribution is -2.47. The first-order valence-corrected chi connectivity index (χ1v) is 9.59. The third kappa shape index (κ3) is 4.82. The van der Waals surface area contributed by atoms with E-state index in [4.69, 9.17) is 21.1 Å². The van der Waals surface area contributed by atoms with Crippen LogP contribution in [-0.4, -0.2) is 50.3 Å². The van der Waals surface area contributed by atoms with Crippen LogP contribution in [0.3, 0.4) is 0 Å². The normalized spacial score (nSPS) is 18.5. The van der Waals surface area contributed by atoms with Crippen molar-refractivity contribution in [2.24, 2.45) is 0 Å². The van der Waals surface area contributed by atoms with E-state index in [2.05, 4.69) is 10.2 Å². The summed E-state index contributed by atoms with van der Waals surface area (Å²) in [5, 5.41) is 3.26. The smallest absolute Gasteiger partial charge is 0.251 e. The molecule has 1 heterocycles. The van der Waals surface area contributed by atoms with Crippen molar-refractivity contribution in [3.63, 3.8) is 0 Å². The van der Waals surface area contributed by atoms with Crippen LogP contribution in [0.1, 0.15) is 28.9 Å². The summed E-state index contributed by atoms with van der Waals surface area (Å²) in [6.45, 7) is 4.03. The van der Waals surface area contributed by atoms with Crippen LogP contribution in [0.5, 0.6) is 5.75 Å². The average Bonchev–Trinajstić information content (AvgIpc) is 2.70. The number of hydrogen-bond donors (Lipinski definition) is 1. The molecule has 7 heteroatoms. The molecule has 0 saturated carbocycles. The number of methoxy groups -OCH3 is 1. The van der Waals surface area contributed by atoms with Crippen molar-refractivity contribution in [2.45, 2.75) is 19.1 Å². The first-order valence-electron chi connectivity index (χ1n) is 9.21. The largest absolute Gasteiger partial charge is 0.497 e. The summed E-state index contributed by atoms with van der Waals surface area (Å²) in [6.07, 6.45) is 0.0269. The first-order chi connectivity index (χ1) is 13.5. The van der Waals surface area contributed by atoms with Gasteiger partial charge in [-0.05, 0) is 43.3 Å². The van der Waals surface area contributed by atoms with Gasteiger partial charge in [-0.2, -0.15) is 0 Å². The number of rotatable bonds is 6. The number of morpholine rings is 1. The Hall–Kier alpha value is -2.15. The van der Waals surface area contributed by atoms with Crippen LogP contribution in [0.2, 0.25) is 5.02 Å². The molecular formula is C21H24ClFN2O3. The van der Waals surface area contributed by atoms with Gasteiger partial charge in [-0.3, -0.25) is 9.69 Å². The van der Waals surface area contributed by atoms with Crippen molar-refractivity contribution in [3.8, 4) is 5.75 Å². The highest BCUT2D eigenvalue weighted by molar-refractivity contribution is 6.31. The van der Waals surface area contributed by atoms with Gasteiger partial charge < -0.3 is 14.8 Å². The number of nitrogens with zero attached hydrogens (tertiary/aromatic N) is 1. The Balaban J connectivity index is 1.79. The number of ether oxygens (including phenoxy) is 2. The van der Waals surface area contributed by atoms with E-state index in [1.165, 1.54) is 6.07 Å². The van der Waals surface area contributed by atoms with Crippen LogP contribution in [0, 0.1) is 5.82 Å². The standard InChI is InChI=1S/C21H24ClFN2O3/c1-14-13-25(10-11-28-14)19(20-17(22)4-3-5-18(20)23)12-24-21(26)15-6-8-16(27-2)9-7-15/h3-9,14,19H,10-13H2,1-2H3,(H,24,26)/t14-,19+/m0/s1. The third-order valence-electron chi connectivity index (χ3n) is 4.85. The first kappa shape index (κ1) is 20.6. The van der Waals surface area contributed by atoms with Gasteiger partial charge in [0.05, 0.1) is 25.9 Å². The fraction of sp³-hybridized carbons (Fsp3) is 0.381. The van der Waals surface area contributed by atoms with E-state index in [9.17, 15) is 9.18 Å². The Morgan fingerprint density at radius 2 is 2.11 bits per heavy atom. The Bertz CT molecular complexity index is 796. The second kappa shape index (κ2) is 9.37. The molecule has 2 atom stereocenters. The van der Waals surface area contributed by atoms with Crippen molar-refractivity contribution in [1.29, 1.82) is 0 Å². The van der Waals surface area contributed by atoms with E-state index in [0.29, 0.717) is 41.6 Å². The van der Waals surface area contributed by atoms with Crippen molar-refractivity contribution in [3.05, 3.63) is 64.4 Å². The predicted molar refractivity (Wildman–Crippen MR) is 106 cm³/mol. The van der Waals surface area contributed by atoms with Gasteiger partial charge >= 0.3 is 0 Å². The van der Waals surface area contributed by atoms with Crippen LogP contribution in [0.4, 0.5) is 4.39 Å². The van der Waals surface area contributed by atoms with Gasteiger partial charge in [0.2, 0.25) is 0 Å². The fourth-order valence-corrected chi connectivity index (χ4v) is 3.69. The maximum Gasteiger partial charge on any atom is 0.251 e. The molecule has 0 bridgehead atoms. The zero-order chi connectivity index (χ0) is 20.1. The van der Waals surface area contributed by atoms with E-state index in [0.717, 1.165) is 0 Å². The van der Waals surface area contributed by atoms with Crippen molar-refractivity contribution in [2.75, 3.05) is 33.4 Å². The maximum absolute atomic E-state index is 14.6. The molecule has 1 aliphatic rings. The summed E-state index contributed by atoms with van der Waals surface area (Å²) >= 11 is 6.32. The van der Waals surface area contributed by atoms with Gasteiger partial charge in [0.15, 0.2) is 0 Å². The lowest BCUT2D eigenvalue weighted by Gasteiger charge is -2.38. The molecule has 1 N–H and O–H groups in total. The molecule has 1 fully saturated rings. The second-order valence-electron chi connectivity index (χ2n) is 6.77. The van der Waals surface area contributed by atoms with Crippen molar-refractivity contribution < 1.29 is 18.7 Å². The molecule has 2 aromatic rings. The molecule has 0 radical (unpaired) electrons. The topological polar surface area (TPSA) is 50.8 Å². The summed E-state index contributed by atoms with van der Waals surface area (Å²) in [7, 11) is 1.57. The third-order valence-corrected chi connectivity index (χ3v) is 5.18. The van der Waals surface area contributed by atoms with E-state index < -0.39 is 0 Å². The van der Waals surface area contributed by atoms with Gasteiger partial charge in [0.25, 0.3) is 5.91 Å². The van der Waals surface area contributed by atoms with E-state index in [1.807, 2.05) is 6.92 Å². The molecule has 2 aromatic carbocycles. The number of hydrogen-bond acceptors (Lipinski definition) is 4. The molecule has 1 aliphatic heterocycles. The van der Waals surface area contributed by atoms with Gasteiger partial charge in [0, 0.05) is 35.8 Å². The summed E-state index contributed by atoms with van der Waals surface area (Å²) in [6, 6.07) is 11.1. The highest BCUT2D eigenvalue weighted by atomic mass is 35.5. The fourth-order valence-electron chi connectivity index (χ4n) is 3.41. The number of nitrogens with one attached hydrogen (secondary N) is 1. The Kier molecular flexibility index (Phi) is 6.88. The van der Waals surface area contributed by atoms with E-state index in [-0.39, 0.29) is 30.4 Å². The number of carbonyl (C=O) groups is 1. The Labute approximate surface area is 169 Å². The molecule has 28 heavy (non-hydrogen) atoms. The van der Waals surface area contributed by atoms with Crippen LogP contribution >= 0.6 is 11.6 Å². The molecule has 0 aliphatic carbocycles. The Morgan fingerprint density at radius 1 is 1.36 bits per heavy atom. The lowest BCUT2D eigenvalue weighted by atomic mass is 10.0. The molecular weight excluding hydrogens is 383 g/mol. The molecule has 1 saturated heterocycles. The summed E-state index contributed by atoms with van der Waals surface area (Å²) in [4.78, 5) is 14.7. The number of benzene rings is 2. The summed E-state index contributed by atoms with van der Waals surface area (Å²) < 4.78 is 25.3. The van der Waals surface area contributed by atoms with Crippen LogP contribution in [-0.2, 0) is 4.74 Å². The minimum Gasteiger partial charge on any atom is -0.497 e. The molecule has 5 nitrogen and oxygen atoms in total. The number of halogens is 2. The molecule has 3 rings (SSSR count). The van der Waals surface area contributed by atoms with Crippen LogP contribution < -0.4 is 10.1 Å². The zero-order valence-electron chi connectivity index (χ0n) is 16.0. The van der Waals surface area contributed by atoms with E-state index in [1.54, 1.807) is 43.5 Å². The summed E-state index contributed by atoms with van der Waals surface area (Å²) in [5.41, 5.74) is 0.905. The maximum atomic E-state index is 14.6. The SMILES string of the molecule is COc1ccc(C(=O)NC[C@H](c2c(F)cccc2Cl)N2CCO[C@@H](C)C2)cc1. The molecule has 0 aromatic heterocycles. The second-order valence-corrected chi connectivity index (χ2v) is 7.17. The minimum absolute atomic E-state index is 0.0269. The highest BCUT2D eigenvalue weighted by Crippen LogP contribution is 2.31. The van der Waals surface area contributed by atoms with Gasteiger partial charge in [-0.25, -0.2) is 4.39 Å². The average molecular weight is 407 g/mol. The summed E-state index contributed by atoms with van der Waals surface area (Å²) in [5.74, 6) is 0.0617. The number of amides is 1. The molecule has 0 spiro atoms.